The van der Waals surface area contributed by atoms with E-state index in [1.807, 2.05) is 0 Å². The predicted octanol–water partition coefficient (Wildman–Crippen LogP) is 4.92. The molecule has 31 heavy (non-hydrogen) atoms. The lowest BCUT2D eigenvalue weighted by molar-refractivity contribution is -0.156. The molecule has 4 fully saturated rings. The molecule has 172 valence electrons. The van der Waals surface area contributed by atoms with E-state index in [1.54, 1.807) is 6.92 Å². The minimum absolute atomic E-state index is 0.0973. The van der Waals surface area contributed by atoms with Crippen LogP contribution >= 0.6 is 0 Å². The number of aliphatic hydroxyl groups excluding tert-OH is 1. The second kappa shape index (κ2) is 8.89. The van der Waals surface area contributed by atoms with Gasteiger partial charge in [0.05, 0.1) is 6.10 Å². The highest BCUT2D eigenvalue weighted by atomic mass is 16.5. The Morgan fingerprint density at radius 2 is 1.90 bits per heavy atom. The summed E-state index contributed by atoms with van der Waals surface area (Å²) in [4.78, 5) is 23.9. The average Bonchev–Trinajstić information content (AvgIpc) is 3.05. The van der Waals surface area contributed by atoms with Crippen LogP contribution in [-0.2, 0) is 14.3 Å². The Balaban J connectivity index is 1.48. The number of ketones is 1. The van der Waals surface area contributed by atoms with Gasteiger partial charge in [0.2, 0.25) is 0 Å². The quantitative estimate of drug-likeness (QED) is 0.392. The zero-order valence-corrected chi connectivity index (χ0v) is 19.6. The van der Waals surface area contributed by atoms with Gasteiger partial charge in [0.25, 0.3) is 0 Å². The topological polar surface area (TPSA) is 63.6 Å². The van der Waals surface area contributed by atoms with Gasteiger partial charge in [0, 0.05) is 32.1 Å². The fraction of sp³-hybridized carbons (Fsp3) is 0.852. The first-order valence-electron chi connectivity index (χ1n) is 12.6. The molecule has 0 aromatic heterocycles. The third-order valence-corrected chi connectivity index (χ3v) is 9.99. The predicted molar refractivity (Wildman–Crippen MR) is 120 cm³/mol. The number of hydrogen-bond acceptors (Lipinski definition) is 4. The van der Waals surface area contributed by atoms with Crippen molar-refractivity contribution in [3.63, 3.8) is 0 Å². The lowest BCUT2D eigenvalue weighted by Crippen LogP contribution is -2.57. The minimum atomic E-state index is -0.176. The zero-order valence-electron chi connectivity index (χ0n) is 19.6. The molecule has 0 aromatic rings. The Hall–Kier alpha value is -1.34. The maximum Gasteiger partial charge on any atom is 0.305 e. The molecule has 4 saturated carbocycles. The first-order chi connectivity index (χ1) is 14.8. The summed E-state index contributed by atoms with van der Waals surface area (Å²) in [5, 5.41) is 10.7. The lowest BCUT2D eigenvalue weighted by Gasteiger charge is -2.62. The van der Waals surface area contributed by atoms with Crippen molar-refractivity contribution in [2.24, 2.45) is 40.4 Å². The maximum absolute atomic E-state index is 12.6. The third-order valence-electron chi connectivity index (χ3n) is 9.99. The summed E-state index contributed by atoms with van der Waals surface area (Å²) in [5.74, 6) is 9.57. The van der Waals surface area contributed by atoms with Gasteiger partial charge in [-0.05, 0) is 78.9 Å². The molecule has 0 heterocycles. The van der Waals surface area contributed by atoms with Crippen LogP contribution in [0.4, 0.5) is 0 Å². The summed E-state index contributed by atoms with van der Waals surface area (Å²) in [6, 6.07) is 0. The monoisotopic (exact) mass is 428 g/mol. The number of Topliss-reactive ketones (excluding diaryl/α,β-unsaturated/α-hetero) is 1. The highest BCUT2D eigenvalue weighted by Crippen LogP contribution is 2.67. The molecule has 0 aromatic carbocycles. The second-order valence-corrected chi connectivity index (χ2v) is 11.2. The summed E-state index contributed by atoms with van der Waals surface area (Å²) in [6.07, 6.45) is 9.84. The van der Waals surface area contributed by atoms with Gasteiger partial charge in [0.15, 0.2) is 0 Å². The van der Waals surface area contributed by atoms with Gasteiger partial charge in [-0.1, -0.05) is 26.7 Å². The molecule has 4 aliphatic carbocycles. The van der Waals surface area contributed by atoms with Crippen LogP contribution in [0, 0.1) is 52.3 Å². The fourth-order valence-corrected chi connectivity index (χ4v) is 8.15. The smallest absolute Gasteiger partial charge is 0.305 e. The van der Waals surface area contributed by atoms with E-state index in [4.69, 9.17) is 4.74 Å². The van der Waals surface area contributed by atoms with Crippen LogP contribution in [-0.4, -0.2) is 29.6 Å². The van der Waals surface area contributed by atoms with Gasteiger partial charge in [-0.2, -0.15) is 0 Å². The van der Waals surface area contributed by atoms with Crippen molar-refractivity contribution >= 4 is 11.8 Å². The maximum atomic E-state index is 12.6. The van der Waals surface area contributed by atoms with E-state index in [0.717, 1.165) is 32.1 Å². The molecule has 4 aliphatic rings. The van der Waals surface area contributed by atoms with Gasteiger partial charge in [0.1, 0.15) is 12.4 Å². The summed E-state index contributed by atoms with van der Waals surface area (Å²) in [7, 11) is 0. The van der Waals surface area contributed by atoms with Crippen molar-refractivity contribution in [2.45, 2.75) is 97.5 Å². The Morgan fingerprint density at radius 1 is 1.10 bits per heavy atom. The second-order valence-electron chi connectivity index (χ2n) is 11.2. The number of rotatable bonds is 4. The molecule has 4 nitrogen and oxygen atoms in total. The Morgan fingerprint density at radius 3 is 2.68 bits per heavy atom. The molecule has 1 N–H and O–H groups in total. The zero-order chi connectivity index (χ0) is 22.2. The van der Waals surface area contributed by atoms with Crippen LogP contribution in [0.1, 0.15) is 91.4 Å². The summed E-state index contributed by atoms with van der Waals surface area (Å²) >= 11 is 0. The summed E-state index contributed by atoms with van der Waals surface area (Å²) in [6.45, 7) is 6.96. The average molecular weight is 429 g/mol. The molecule has 8 atom stereocenters. The summed E-state index contributed by atoms with van der Waals surface area (Å²) in [5.41, 5.74) is 0.273. The van der Waals surface area contributed by atoms with E-state index < -0.39 is 0 Å². The van der Waals surface area contributed by atoms with Crippen LogP contribution in [0.25, 0.3) is 0 Å². The standard InChI is InChI=1S/C27H40O4/c1-4-25(30)31-15-7-5-6-8-18-16-20(28)17-19-9-10-21-22-11-12-24(29)26(22,2)14-13-23(21)27(18,19)3/h18-19,21-24,29H,4,7-17H2,1-3H3/t18-,19-,21-,22-,23-,24-,26-,27-/m0/s1. The molecular weight excluding hydrogens is 388 g/mol. The molecule has 4 rings (SSSR count). The van der Waals surface area contributed by atoms with E-state index in [9.17, 15) is 14.7 Å². The third kappa shape index (κ3) is 3.97. The first kappa shape index (κ1) is 22.8. The van der Waals surface area contributed by atoms with E-state index in [2.05, 4.69) is 25.7 Å². The Labute approximate surface area is 187 Å². The van der Waals surface area contributed by atoms with Crippen LogP contribution in [0.2, 0.25) is 0 Å². The van der Waals surface area contributed by atoms with Gasteiger partial charge >= 0.3 is 5.97 Å². The normalized spacial score (nSPS) is 43.8. The molecule has 0 radical (unpaired) electrons. The molecule has 0 unspecified atom stereocenters. The van der Waals surface area contributed by atoms with E-state index in [1.165, 1.54) is 19.3 Å². The Kier molecular flexibility index (Phi) is 6.55. The molecule has 0 aliphatic heterocycles. The molecule has 0 saturated heterocycles. The van der Waals surface area contributed by atoms with E-state index in [0.29, 0.717) is 61.2 Å². The Bertz CT molecular complexity index is 763. The van der Waals surface area contributed by atoms with Crippen molar-refractivity contribution < 1.29 is 19.4 Å². The van der Waals surface area contributed by atoms with Gasteiger partial charge in [-0.25, -0.2) is 0 Å². The van der Waals surface area contributed by atoms with Gasteiger partial charge in [-0.3, -0.25) is 9.59 Å². The number of esters is 1. The molecule has 0 spiro atoms. The fourth-order valence-electron chi connectivity index (χ4n) is 8.15. The lowest BCUT2D eigenvalue weighted by atomic mass is 9.42. The number of aliphatic hydroxyl groups is 1. The molecule has 0 amide bonds. The van der Waals surface area contributed by atoms with E-state index in [-0.39, 0.29) is 22.9 Å². The van der Waals surface area contributed by atoms with Gasteiger partial charge in [-0.15, -0.1) is 5.92 Å². The highest BCUT2D eigenvalue weighted by Gasteiger charge is 2.62. The molecular formula is C27H40O4. The number of carbonyl (C=O) groups is 2. The van der Waals surface area contributed by atoms with Gasteiger partial charge < -0.3 is 9.84 Å². The minimum Gasteiger partial charge on any atom is -0.465 e. The van der Waals surface area contributed by atoms with Crippen molar-refractivity contribution in [2.75, 3.05) is 6.61 Å². The van der Waals surface area contributed by atoms with Crippen molar-refractivity contribution in [1.29, 1.82) is 0 Å². The number of ether oxygens (including phenoxy) is 1. The van der Waals surface area contributed by atoms with E-state index >= 15 is 0 Å². The summed E-state index contributed by atoms with van der Waals surface area (Å²) < 4.78 is 5.12. The number of hydrogen-bond donors (Lipinski definition) is 1. The molecule has 4 heteroatoms. The van der Waals surface area contributed by atoms with Crippen molar-refractivity contribution in [3.8, 4) is 11.8 Å². The van der Waals surface area contributed by atoms with Crippen LogP contribution in [0.15, 0.2) is 0 Å². The van der Waals surface area contributed by atoms with Crippen molar-refractivity contribution in [3.05, 3.63) is 0 Å². The van der Waals surface area contributed by atoms with Crippen LogP contribution in [0.3, 0.4) is 0 Å². The van der Waals surface area contributed by atoms with Crippen LogP contribution < -0.4 is 0 Å². The first-order valence-corrected chi connectivity index (χ1v) is 12.6. The largest absolute Gasteiger partial charge is 0.465 e. The number of carbonyl (C=O) groups excluding carboxylic acids is 2. The number of fused-ring (bicyclic) bond motifs is 5. The molecule has 0 bridgehead atoms. The highest BCUT2D eigenvalue weighted by molar-refractivity contribution is 5.80. The van der Waals surface area contributed by atoms with Crippen molar-refractivity contribution in [1.82, 2.24) is 0 Å². The SMILES string of the molecule is CCC(=O)OCCC#CC[C@H]1CC(=O)C[C@@H]2CC[C@H]3[C@@H]4CC[C@H](O)[C@@]4(C)CC[C@@H]3[C@@]12C. The van der Waals surface area contributed by atoms with Crippen LogP contribution in [0.5, 0.6) is 0 Å².